The molecule has 1 N–H and O–H groups in total. The molecule has 152 valence electrons. The Bertz CT molecular complexity index is 1070. The van der Waals surface area contributed by atoms with E-state index in [2.05, 4.69) is 5.32 Å². The van der Waals surface area contributed by atoms with Crippen molar-refractivity contribution in [2.24, 2.45) is 0 Å². The molecule has 1 aromatic heterocycles. The predicted molar refractivity (Wildman–Crippen MR) is 106 cm³/mol. The Labute approximate surface area is 170 Å². The van der Waals surface area contributed by atoms with Crippen molar-refractivity contribution in [3.63, 3.8) is 0 Å². The highest BCUT2D eigenvalue weighted by atomic mass is 35.5. The maximum atomic E-state index is 13.4. The number of methoxy groups -OCH3 is 1. The summed E-state index contributed by atoms with van der Waals surface area (Å²) in [5.41, 5.74) is 0.671. The zero-order valence-corrected chi connectivity index (χ0v) is 16.7. The second-order valence-corrected chi connectivity index (χ2v) is 6.84. The van der Waals surface area contributed by atoms with Crippen LogP contribution in [-0.4, -0.2) is 17.6 Å². The topological polar surface area (TPSA) is 43.3 Å². The molecule has 1 heterocycles. The fourth-order valence-corrected chi connectivity index (χ4v) is 3.35. The molecular weight excluding hydrogens is 405 g/mol. The number of hydrogen-bond acceptors (Lipinski definition) is 2. The Balaban J connectivity index is 2.02. The first-order chi connectivity index (χ1) is 13.6. The van der Waals surface area contributed by atoms with E-state index in [1.807, 2.05) is 0 Å². The first-order valence-corrected chi connectivity index (χ1v) is 9.01. The Hall–Kier alpha value is -2.93. The number of aromatic nitrogens is 1. The van der Waals surface area contributed by atoms with Crippen LogP contribution in [0.1, 0.15) is 27.3 Å². The third-order valence-corrected chi connectivity index (χ3v) is 4.88. The molecule has 1 amide bonds. The molecule has 0 spiro atoms. The number of carbonyl (C=O) groups is 1. The number of rotatable bonds is 4. The van der Waals surface area contributed by atoms with Crippen LogP contribution in [0.4, 0.5) is 18.9 Å². The van der Waals surface area contributed by atoms with Crippen LogP contribution in [0.2, 0.25) is 5.02 Å². The van der Waals surface area contributed by atoms with Crippen LogP contribution in [0.3, 0.4) is 0 Å². The third kappa shape index (κ3) is 4.10. The molecule has 0 saturated heterocycles. The van der Waals surface area contributed by atoms with Crippen molar-refractivity contribution in [3.8, 4) is 11.4 Å². The fraction of sp³-hybridized carbons (Fsp3) is 0.190. The van der Waals surface area contributed by atoms with Crippen molar-refractivity contribution in [2.45, 2.75) is 20.0 Å². The van der Waals surface area contributed by atoms with E-state index in [0.717, 1.165) is 6.07 Å². The molecule has 4 nitrogen and oxygen atoms in total. The van der Waals surface area contributed by atoms with E-state index >= 15 is 0 Å². The summed E-state index contributed by atoms with van der Waals surface area (Å²) in [5, 5.41) is 3.01. The Kier molecular flexibility index (Phi) is 5.61. The highest BCUT2D eigenvalue weighted by Crippen LogP contribution is 2.35. The molecular formula is C21H18ClF3N2O2. The molecule has 0 fully saturated rings. The van der Waals surface area contributed by atoms with Crippen LogP contribution in [0.25, 0.3) is 5.69 Å². The second kappa shape index (κ2) is 7.83. The van der Waals surface area contributed by atoms with Gasteiger partial charge in [0, 0.05) is 17.5 Å². The minimum absolute atomic E-state index is 0.0338. The summed E-state index contributed by atoms with van der Waals surface area (Å²) >= 11 is 6.13. The van der Waals surface area contributed by atoms with E-state index in [1.54, 1.807) is 38.1 Å². The SMILES string of the molecule is COc1ccc(Cl)c(NC(=O)c2cc(C)n(-c3ccccc3C(F)(F)F)c2C)c1. The van der Waals surface area contributed by atoms with Crippen molar-refractivity contribution < 1.29 is 22.7 Å². The van der Waals surface area contributed by atoms with Gasteiger partial charge in [0.05, 0.1) is 34.6 Å². The number of nitrogens with one attached hydrogen (secondary N) is 1. The Morgan fingerprint density at radius 3 is 2.45 bits per heavy atom. The Morgan fingerprint density at radius 1 is 1.10 bits per heavy atom. The highest BCUT2D eigenvalue weighted by Gasteiger charge is 2.34. The van der Waals surface area contributed by atoms with E-state index in [4.69, 9.17) is 16.3 Å². The standard InChI is InChI=1S/C21H18ClF3N2O2/c1-12-10-15(20(28)26-18-11-14(29-3)8-9-17(18)22)13(2)27(12)19-7-5-4-6-16(19)21(23,24)25/h4-11H,1-3H3,(H,26,28). The lowest BCUT2D eigenvalue weighted by Gasteiger charge is -2.17. The number of ether oxygens (including phenoxy) is 1. The molecule has 2 aromatic carbocycles. The quantitative estimate of drug-likeness (QED) is 0.558. The second-order valence-electron chi connectivity index (χ2n) is 6.44. The lowest BCUT2D eigenvalue weighted by Crippen LogP contribution is -2.15. The number of amides is 1. The summed E-state index contributed by atoms with van der Waals surface area (Å²) in [7, 11) is 1.49. The van der Waals surface area contributed by atoms with Crippen molar-refractivity contribution in [1.29, 1.82) is 0 Å². The average molecular weight is 423 g/mol. The molecule has 0 atom stereocenters. The number of halogens is 4. The number of hydrogen-bond donors (Lipinski definition) is 1. The number of carbonyl (C=O) groups excluding carboxylic acids is 1. The van der Waals surface area contributed by atoms with Gasteiger partial charge in [-0.1, -0.05) is 23.7 Å². The number of aryl methyl sites for hydroxylation is 1. The summed E-state index contributed by atoms with van der Waals surface area (Å²) in [5.74, 6) is 0.0262. The highest BCUT2D eigenvalue weighted by molar-refractivity contribution is 6.34. The zero-order valence-electron chi connectivity index (χ0n) is 15.9. The zero-order chi connectivity index (χ0) is 21.3. The van der Waals surface area contributed by atoms with E-state index in [-0.39, 0.29) is 11.3 Å². The van der Waals surface area contributed by atoms with Gasteiger partial charge in [0.25, 0.3) is 5.91 Å². The molecule has 0 unspecified atom stereocenters. The molecule has 8 heteroatoms. The molecule has 0 saturated carbocycles. The van der Waals surface area contributed by atoms with Gasteiger partial charge in [-0.25, -0.2) is 0 Å². The number of para-hydroxylation sites is 1. The number of benzene rings is 2. The van der Waals surface area contributed by atoms with Crippen LogP contribution in [0, 0.1) is 13.8 Å². The van der Waals surface area contributed by atoms with Gasteiger partial charge in [-0.3, -0.25) is 4.79 Å². The van der Waals surface area contributed by atoms with E-state index in [1.165, 1.54) is 29.9 Å². The largest absolute Gasteiger partial charge is 0.497 e. The van der Waals surface area contributed by atoms with E-state index < -0.39 is 17.6 Å². The lowest BCUT2D eigenvalue weighted by atomic mass is 10.1. The van der Waals surface area contributed by atoms with Crippen LogP contribution < -0.4 is 10.1 Å². The smallest absolute Gasteiger partial charge is 0.418 e. The van der Waals surface area contributed by atoms with Gasteiger partial charge in [0.15, 0.2) is 0 Å². The first kappa shape index (κ1) is 20.8. The summed E-state index contributed by atoms with van der Waals surface area (Å²) in [6, 6.07) is 11.6. The molecule has 0 bridgehead atoms. The van der Waals surface area contributed by atoms with Crippen LogP contribution in [-0.2, 0) is 6.18 Å². The summed E-state index contributed by atoms with van der Waals surface area (Å²) in [6.45, 7) is 3.25. The van der Waals surface area contributed by atoms with Gasteiger partial charge in [0.1, 0.15) is 5.75 Å². The van der Waals surface area contributed by atoms with Gasteiger partial charge >= 0.3 is 6.18 Å². The number of nitrogens with zero attached hydrogens (tertiary/aromatic N) is 1. The lowest BCUT2D eigenvalue weighted by molar-refractivity contribution is -0.137. The molecule has 0 aliphatic carbocycles. The fourth-order valence-electron chi connectivity index (χ4n) is 3.19. The number of anilines is 1. The summed E-state index contributed by atoms with van der Waals surface area (Å²) in [4.78, 5) is 12.8. The van der Waals surface area contributed by atoms with Gasteiger partial charge in [0.2, 0.25) is 0 Å². The predicted octanol–water partition coefficient (Wildman–Crippen LogP) is 6.03. The van der Waals surface area contributed by atoms with Crippen LogP contribution >= 0.6 is 11.6 Å². The number of alkyl halides is 3. The van der Waals surface area contributed by atoms with Gasteiger partial charge in [-0.05, 0) is 44.2 Å². The molecule has 3 aromatic rings. The van der Waals surface area contributed by atoms with Gasteiger partial charge in [-0.2, -0.15) is 13.2 Å². The van der Waals surface area contributed by atoms with Crippen molar-refractivity contribution in [1.82, 2.24) is 4.57 Å². The minimum atomic E-state index is -4.52. The third-order valence-electron chi connectivity index (χ3n) is 4.55. The monoisotopic (exact) mass is 422 g/mol. The normalized spacial score (nSPS) is 11.4. The summed E-state index contributed by atoms with van der Waals surface area (Å²) in [6.07, 6.45) is -4.52. The maximum Gasteiger partial charge on any atom is 0.418 e. The van der Waals surface area contributed by atoms with Crippen molar-refractivity contribution in [3.05, 3.63) is 76.1 Å². The Morgan fingerprint density at radius 2 is 1.79 bits per heavy atom. The summed E-state index contributed by atoms with van der Waals surface area (Å²) < 4.78 is 46.9. The van der Waals surface area contributed by atoms with Crippen LogP contribution in [0.15, 0.2) is 48.5 Å². The molecule has 3 rings (SSSR count). The molecule has 0 radical (unpaired) electrons. The van der Waals surface area contributed by atoms with Crippen molar-refractivity contribution in [2.75, 3.05) is 12.4 Å². The first-order valence-electron chi connectivity index (χ1n) is 8.64. The molecule has 29 heavy (non-hydrogen) atoms. The maximum absolute atomic E-state index is 13.4. The minimum Gasteiger partial charge on any atom is -0.497 e. The van der Waals surface area contributed by atoms with Gasteiger partial charge in [-0.15, -0.1) is 0 Å². The van der Waals surface area contributed by atoms with Crippen molar-refractivity contribution >= 4 is 23.2 Å². The molecule has 0 aliphatic heterocycles. The van der Waals surface area contributed by atoms with E-state index in [0.29, 0.717) is 27.8 Å². The average Bonchev–Trinajstić information content (AvgIpc) is 2.97. The molecule has 0 aliphatic rings. The van der Waals surface area contributed by atoms with Gasteiger partial charge < -0.3 is 14.6 Å². The van der Waals surface area contributed by atoms with E-state index in [9.17, 15) is 18.0 Å². The van der Waals surface area contributed by atoms with Crippen LogP contribution in [0.5, 0.6) is 5.75 Å².